The van der Waals surface area contributed by atoms with Crippen LogP contribution in [-0.4, -0.2) is 11.8 Å². The molecule has 0 fully saturated rings. The van der Waals surface area contributed by atoms with Crippen LogP contribution in [0.25, 0.3) is 0 Å². The van der Waals surface area contributed by atoms with Crippen molar-refractivity contribution in [3.05, 3.63) is 29.3 Å². The zero-order chi connectivity index (χ0) is 9.14. The van der Waals surface area contributed by atoms with Crippen molar-refractivity contribution in [2.45, 2.75) is 13.0 Å². The van der Waals surface area contributed by atoms with Gasteiger partial charge in [-0.15, -0.1) is 12.4 Å². The minimum absolute atomic E-state index is 0. The Labute approximate surface area is 83.0 Å². The lowest BCUT2D eigenvalue weighted by molar-refractivity contribution is 0.413. The molecule has 1 aromatic rings. The van der Waals surface area contributed by atoms with E-state index in [0.717, 1.165) is 5.56 Å². The van der Waals surface area contributed by atoms with Gasteiger partial charge in [0.05, 0.1) is 6.04 Å². The van der Waals surface area contributed by atoms with Crippen molar-refractivity contribution in [2.75, 3.05) is 6.67 Å². The second-order valence-corrected chi connectivity index (χ2v) is 2.77. The van der Waals surface area contributed by atoms with Gasteiger partial charge in [-0.05, 0) is 12.5 Å². The lowest BCUT2D eigenvalue weighted by atomic mass is 10.0. The van der Waals surface area contributed by atoms with E-state index in [9.17, 15) is 9.50 Å². The largest absolute Gasteiger partial charge is 0.507 e. The van der Waals surface area contributed by atoms with Gasteiger partial charge in [-0.1, -0.05) is 18.2 Å². The molecule has 1 aromatic carbocycles. The normalized spacial score (nSPS) is 11.9. The third-order valence-corrected chi connectivity index (χ3v) is 1.83. The highest BCUT2D eigenvalue weighted by Crippen LogP contribution is 2.25. The molecule has 0 spiro atoms. The van der Waals surface area contributed by atoms with E-state index >= 15 is 0 Å². The molecule has 13 heavy (non-hydrogen) atoms. The molecule has 0 radical (unpaired) electrons. The van der Waals surface area contributed by atoms with Crippen LogP contribution in [0.3, 0.4) is 0 Å². The van der Waals surface area contributed by atoms with Gasteiger partial charge in [0.15, 0.2) is 0 Å². The summed E-state index contributed by atoms with van der Waals surface area (Å²) >= 11 is 0. The van der Waals surface area contributed by atoms with E-state index in [0.29, 0.717) is 5.56 Å². The number of benzene rings is 1. The molecule has 0 unspecified atom stereocenters. The highest BCUT2D eigenvalue weighted by Gasteiger charge is 2.10. The first-order valence-corrected chi connectivity index (χ1v) is 3.77. The molecule has 0 aliphatic rings. The summed E-state index contributed by atoms with van der Waals surface area (Å²) in [5.41, 5.74) is 6.62. The molecule has 0 amide bonds. The highest BCUT2D eigenvalue weighted by atomic mass is 35.5. The predicted molar refractivity (Wildman–Crippen MR) is 53.0 cm³/mol. The monoisotopic (exact) mass is 205 g/mol. The number of halogens is 2. The number of para-hydroxylation sites is 1. The van der Waals surface area contributed by atoms with Crippen molar-refractivity contribution >= 4 is 12.4 Å². The number of rotatable bonds is 2. The fraction of sp³-hybridized carbons (Fsp3) is 0.333. The molecule has 0 aliphatic carbocycles. The van der Waals surface area contributed by atoms with Crippen LogP contribution in [0.2, 0.25) is 0 Å². The molecule has 0 saturated heterocycles. The zero-order valence-corrected chi connectivity index (χ0v) is 8.14. The van der Waals surface area contributed by atoms with Crippen LogP contribution in [0.15, 0.2) is 18.2 Å². The molecule has 0 heterocycles. The number of phenolic OH excluding ortho intramolecular Hbond substituents is 1. The van der Waals surface area contributed by atoms with Gasteiger partial charge in [0.25, 0.3) is 0 Å². The van der Waals surface area contributed by atoms with Crippen LogP contribution in [0.1, 0.15) is 17.2 Å². The number of nitrogens with two attached hydrogens (primary N) is 1. The number of aryl methyl sites for hydroxylation is 1. The van der Waals surface area contributed by atoms with Crippen molar-refractivity contribution in [2.24, 2.45) is 5.73 Å². The minimum Gasteiger partial charge on any atom is -0.507 e. The third kappa shape index (κ3) is 2.57. The maximum absolute atomic E-state index is 12.1. The molecule has 1 rings (SSSR count). The summed E-state index contributed by atoms with van der Waals surface area (Å²) in [7, 11) is 0. The maximum atomic E-state index is 12.1. The summed E-state index contributed by atoms with van der Waals surface area (Å²) in [6.07, 6.45) is 0. The highest BCUT2D eigenvalue weighted by molar-refractivity contribution is 5.85. The minimum atomic E-state index is -0.718. The van der Waals surface area contributed by atoms with Crippen molar-refractivity contribution in [3.8, 4) is 5.75 Å². The predicted octanol–water partition coefficient (Wildman–Crippen LogP) is 2.09. The maximum Gasteiger partial charge on any atom is 0.123 e. The number of hydrogen-bond acceptors (Lipinski definition) is 2. The van der Waals surface area contributed by atoms with Crippen LogP contribution >= 0.6 is 12.4 Å². The lowest BCUT2D eigenvalue weighted by Crippen LogP contribution is -2.12. The first-order chi connectivity index (χ1) is 5.66. The fourth-order valence-electron chi connectivity index (χ4n) is 1.06. The van der Waals surface area contributed by atoms with E-state index < -0.39 is 12.7 Å². The van der Waals surface area contributed by atoms with Gasteiger partial charge in [0.2, 0.25) is 0 Å². The lowest BCUT2D eigenvalue weighted by Gasteiger charge is -2.10. The van der Waals surface area contributed by atoms with Gasteiger partial charge in [-0.2, -0.15) is 0 Å². The van der Waals surface area contributed by atoms with Gasteiger partial charge in [0.1, 0.15) is 12.4 Å². The topological polar surface area (TPSA) is 46.2 Å². The summed E-state index contributed by atoms with van der Waals surface area (Å²) in [6.45, 7) is 1.10. The molecule has 4 heteroatoms. The smallest absolute Gasteiger partial charge is 0.123 e. The van der Waals surface area contributed by atoms with Gasteiger partial charge in [-0.25, -0.2) is 4.39 Å². The summed E-state index contributed by atoms with van der Waals surface area (Å²) < 4.78 is 12.1. The molecule has 3 N–H and O–H groups in total. The van der Waals surface area contributed by atoms with Crippen molar-refractivity contribution in [1.82, 2.24) is 0 Å². The Hall–Kier alpha value is -0.800. The van der Waals surface area contributed by atoms with E-state index in [1.54, 1.807) is 25.1 Å². The van der Waals surface area contributed by atoms with E-state index in [-0.39, 0.29) is 18.2 Å². The Morgan fingerprint density at radius 3 is 2.69 bits per heavy atom. The molecule has 0 saturated carbocycles. The first kappa shape index (κ1) is 12.2. The summed E-state index contributed by atoms with van der Waals surface area (Å²) in [5, 5.41) is 9.45. The average molecular weight is 206 g/mol. The quantitative estimate of drug-likeness (QED) is 0.777. The van der Waals surface area contributed by atoms with E-state index in [2.05, 4.69) is 0 Å². The molecule has 1 atom stereocenters. The zero-order valence-electron chi connectivity index (χ0n) is 7.33. The number of hydrogen-bond donors (Lipinski definition) is 2. The Morgan fingerprint density at radius 1 is 1.54 bits per heavy atom. The van der Waals surface area contributed by atoms with Crippen LogP contribution in [0.5, 0.6) is 5.75 Å². The van der Waals surface area contributed by atoms with E-state index in [1.165, 1.54) is 0 Å². The third-order valence-electron chi connectivity index (χ3n) is 1.83. The number of phenols is 1. The van der Waals surface area contributed by atoms with Crippen LogP contribution in [0, 0.1) is 6.92 Å². The van der Waals surface area contributed by atoms with E-state index in [4.69, 9.17) is 5.73 Å². The van der Waals surface area contributed by atoms with Crippen molar-refractivity contribution in [3.63, 3.8) is 0 Å². The van der Waals surface area contributed by atoms with Gasteiger partial charge in [0, 0.05) is 5.56 Å². The Bertz CT molecular complexity index is 280. The summed E-state index contributed by atoms with van der Waals surface area (Å²) in [6, 6.07) is 4.42. The van der Waals surface area contributed by atoms with Gasteiger partial charge in [-0.3, -0.25) is 0 Å². The molecule has 0 aromatic heterocycles. The Kier molecular flexibility index (Phi) is 4.73. The standard InChI is InChI=1S/C9H12FNO.ClH/c1-6-3-2-4-7(9(6)12)8(11)5-10;/h2-4,8,12H,5,11H2,1H3;1H/t8-;/m1./s1. The average Bonchev–Trinajstić information content (AvgIpc) is 2.08. The van der Waals surface area contributed by atoms with Crippen molar-refractivity contribution < 1.29 is 9.50 Å². The molecule has 74 valence electrons. The summed E-state index contributed by atoms with van der Waals surface area (Å²) in [4.78, 5) is 0. The molecule has 0 aliphatic heterocycles. The van der Waals surface area contributed by atoms with Gasteiger partial charge < -0.3 is 10.8 Å². The van der Waals surface area contributed by atoms with Crippen LogP contribution in [0.4, 0.5) is 4.39 Å². The number of aromatic hydroxyl groups is 1. The second kappa shape index (κ2) is 5.04. The molecule has 2 nitrogen and oxygen atoms in total. The van der Waals surface area contributed by atoms with Crippen LogP contribution < -0.4 is 5.73 Å². The number of alkyl halides is 1. The fourth-order valence-corrected chi connectivity index (χ4v) is 1.06. The van der Waals surface area contributed by atoms with Crippen molar-refractivity contribution in [1.29, 1.82) is 0 Å². The SMILES string of the molecule is Cc1cccc([C@H](N)CF)c1O.Cl. The van der Waals surface area contributed by atoms with Gasteiger partial charge >= 0.3 is 0 Å². The van der Waals surface area contributed by atoms with E-state index in [1.807, 2.05) is 0 Å². The molecule has 0 bridgehead atoms. The van der Waals surface area contributed by atoms with Crippen LogP contribution in [-0.2, 0) is 0 Å². The first-order valence-electron chi connectivity index (χ1n) is 3.77. The Balaban J connectivity index is 0.00000144. The summed E-state index contributed by atoms with van der Waals surface area (Å²) in [5.74, 6) is 0.0997. The second-order valence-electron chi connectivity index (χ2n) is 2.77. The molecular weight excluding hydrogens is 193 g/mol. The Morgan fingerprint density at radius 2 is 2.15 bits per heavy atom. The molecular formula is C9H13ClFNO.